The Balaban J connectivity index is 1.42. The number of hydrogen-bond donors (Lipinski definition) is 1. The van der Waals surface area contributed by atoms with Crippen LogP contribution in [0.2, 0.25) is 0 Å². The fraction of sp³-hybridized carbons (Fsp3) is 0.650. The van der Waals surface area contributed by atoms with Gasteiger partial charge in [-0.3, -0.25) is 9.89 Å². The normalized spacial score (nSPS) is 21.4. The predicted molar refractivity (Wildman–Crippen MR) is 105 cm³/mol. The van der Waals surface area contributed by atoms with E-state index in [2.05, 4.69) is 20.1 Å². The summed E-state index contributed by atoms with van der Waals surface area (Å²) in [7, 11) is 1.72. The van der Waals surface area contributed by atoms with Crippen LogP contribution in [0, 0.1) is 5.92 Å². The van der Waals surface area contributed by atoms with Gasteiger partial charge < -0.3 is 19.7 Å². The van der Waals surface area contributed by atoms with E-state index in [1.165, 1.54) is 18.2 Å². The first-order chi connectivity index (χ1) is 14.0. The Morgan fingerprint density at radius 2 is 2.00 bits per heavy atom. The Morgan fingerprint density at radius 3 is 2.72 bits per heavy atom. The fourth-order valence-corrected chi connectivity index (χ4v) is 3.81. The van der Waals surface area contributed by atoms with Crippen molar-refractivity contribution in [2.45, 2.75) is 12.6 Å². The first-order valence-electron chi connectivity index (χ1n) is 10.0. The molecular weight excluding hydrogens is 385 g/mol. The summed E-state index contributed by atoms with van der Waals surface area (Å²) in [4.78, 5) is 8.96. The second kappa shape index (κ2) is 10.2. The van der Waals surface area contributed by atoms with Crippen LogP contribution in [0.15, 0.2) is 29.3 Å². The maximum atomic E-state index is 13.0. The molecule has 1 aromatic carbocycles. The Morgan fingerprint density at radius 1 is 1.24 bits per heavy atom. The van der Waals surface area contributed by atoms with Crippen LogP contribution >= 0.6 is 0 Å². The first-order valence-corrected chi connectivity index (χ1v) is 10.0. The number of hydrogen-bond acceptors (Lipinski definition) is 4. The van der Waals surface area contributed by atoms with Crippen molar-refractivity contribution in [3.05, 3.63) is 29.8 Å². The van der Waals surface area contributed by atoms with Gasteiger partial charge in [-0.2, -0.15) is 13.2 Å². The second-order valence-corrected chi connectivity index (χ2v) is 7.33. The summed E-state index contributed by atoms with van der Waals surface area (Å²) in [5, 5.41) is 3.20. The highest BCUT2D eigenvalue weighted by Gasteiger charge is 2.34. The molecule has 2 aliphatic rings. The number of nitrogens with one attached hydrogen (secondary N) is 1. The van der Waals surface area contributed by atoms with E-state index in [1.807, 2.05) is 0 Å². The van der Waals surface area contributed by atoms with Crippen LogP contribution < -0.4 is 10.1 Å². The van der Waals surface area contributed by atoms with E-state index in [0.717, 1.165) is 64.4 Å². The van der Waals surface area contributed by atoms with Crippen molar-refractivity contribution in [1.29, 1.82) is 0 Å². The highest BCUT2D eigenvalue weighted by Crippen LogP contribution is 2.35. The maximum Gasteiger partial charge on any atom is 0.419 e. The lowest BCUT2D eigenvalue weighted by atomic mass is 10.1. The second-order valence-electron chi connectivity index (χ2n) is 7.33. The molecular formula is C20H29F3N4O2. The van der Waals surface area contributed by atoms with Crippen molar-refractivity contribution in [2.75, 3.05) is 66.1 Å². The quantitative estimate of drug-likeness (QED) is 0.440. The third-order valence-corrected chi connectivity index (χ3v) is 5.25. The maximum absolute atomic E-state index is 13.0. The number of ether oxygens (including phenoxy) is 2. The smallest absolute Gasteiger partial charge is 0.419 e. The van der Waals surface area contributed by atoms with Gasteiger partial charge in [0.15, 0.2) is 5.96 Å². The number of likely N-dealkylation sites (tertiary alicyclic amines) is 1. The van der Waals surface area contributed by atoms with E-state index in [1.54, 1.807) is 7.05 Å². The van der Waals surface area contributed by atoms with Gasteiger partial charge in [0, 0.05) is 39.8 Å². The summed E-state index contributed by atoms with van der Waals surface area (Å²) in [6.07, 6.45) is -3.32. The number of halogens is 3. The zero-order valence-corrected chi connectivity index (χ0v) is 16.7. The van der Waals surface area contributed by atoms with Crippen LogP contribution in [0.3, 0.4) is 0 Å². The van der Waals surface area contributed by atoms with Crippen molar-refractivity contribution in [2.24, 2.45) is 10.9 Å². The molecule has 9 heteroatoms. The van der Waals surface area contributed by atoms with Gasteiger partial charge in [-0.1, -0.05) is 12.1 Å². The number of rotatable bonds is 6. The van der Waals surface area contributed by atoms with Gasteiger partial charge in [-0.05, 0) is 24.5 Å². The molecule has 0 radical (unpaired) electrons. The number of para-hydroxylation sites is 1. The van der Waals surface area contributed by atoms with E-state index >= 15 is 0 Å². The molecule has 3 rings (SSSR count). The van der Waals surface area contributed by atoms with Gasteiger partial charge >= 0.3 is 6.18 Å². The molecule has 0 spiro atoms. The third kappa shape index (κ3) is 6.24. The number of aliphatic imine (C=N–C) groups is 1. The molecule has 6 nitrogen and oxygen atoms in total. The SMILES string of the molecule is CN=C(NCCOc1ccccc1C(F)(F)F)N1CCC(CN2CCOCC2)C1. The summed E-state index contributed by atoms with van der Waals surface area (Å²) in [6, 6.07) is 5.27. The highest BCUT2D eigenvalue weighted by atomic mass is 19.4. The molecule has 162 valence electrons. The molecule has 29 heavy (non-hydrogen) atoms. The molecule has 0 amide bonds. The van der Waals surface area contributed by atoms with Crippen LogP contribution in [0.4, 0.5) is 13.2 Å². The molecule has 2 heterocycles. The predicted octanol–water partition coefficient (Wildman–Crippen LogP) is 2.31. The lowest BCUT2D eigenvalue weighted by molar-refractivity contribution is -0.138. The summed E-state index contributed by atoms with van der Waals surface area (Å²) in [6.45, 7) is 6.99. The van der Waals surface area contributed by atoms with Gasteiger partial charge in [-0.15, -0.1) is 0 Å². The molecule has 2 fully saturated rings. The number of benzene rings is 1. The van der Waals surface area contributed by atoms with Crippen molar-refractivity contribution in [3.8, 4) is 5.75 Å². The average molecular weight is 414 g/mol. The largest absolute Gasteiger partial charge is 0.491 e. The molecule has 0 saturated carbocycles. The van der Waals surface area contributed by atoms with Crippen LogP contribution in [0.1, 0.15) is 12.0 Å². The summed E-state index contributed by atoms with van der Waals surface area (Å²) in [5.41, 5.74) is -0.755. The molecule has 0 aliphatic carbocycles. The van der Waals surface area contributed by atoms with Crippen LogP contribution in [0.5, 0.6) is 5.75 Å². The average Bonchev–Trinajstić information content (AvgIpc) is 3.16. The van der Waals surface area contributed by atoms with Gasteiger partial charge in [0.2, 0.25) is 0 Å². The Labute approximate surface area is 169 Å². The number of morpholine rings is 1. The molecule has 0 bridgehead atoms. The Hall–Kier alpha value is -2.00. The minimum absolute atomic E-state index is 0.122. The fourth-order valence-electron chi connectivity index (χ4n) is 3.81. The Kier molecular flexibility index (Phi) is 7.60. The lowest BCUT2D eigenvalue weighted by Gasteiger charge is -2.29. The van der Waals surface area contributed by atoms with E-state index in [0.29, 0.717) is 12.5 Å². The number of guanidine groups is 1. The van der Waals surface area contributed by atoms with Gasteiger partial charge in [0.1, 0.15) is 12.4 Å². The zero-order valence-electron chi connectivity index (χ0n) is 16.7. The molecule has 1 unspecified atom stereocenters. The van der Waals surface area contributed by atoms with Crippen molar-refractivity contribution in [1.82, 2.24) is 15.1 Å². The monoisotopic (exact) mass is 414 g/mol. The van der Waals surface area contributed by atoms with Crippen LogP contribution in [0.25, 0.3) is 0 Å². The Bertz CT molecular complexity index is 678. The topological polar surface area (TPSA) is 49.3 Å². The van der Waals surface area contributed by atoms with E-state index in [-0.39, 0.29) is 12.4 Å². The van der Waals surface area contributed by atoms with Crippen molar-refractivity contribution < 1.29 is 22.6 Å². The number of nitrogens with zero attached hydrogens (tertiary/aromatic N) is 3. The summed E-state index contributed by atoms with van der Waals surface area (Å²) < 4.78 is 49.8. The molecule has 1 N–H and O–H groups in total. The minimum Gasteiger partial charge on any atom is -0.491 e. The molecule has 2 saturated heterocycles. The lowest BCUT2D eigenvalue weighted by Crippen LogP contribution is -2.43. The number of alkyl halides is 3. The van der Waals surface area contributed by atoms with E-state index in [4.69, 9.17) is 9.47 Å². The molecule has 2 aliphatic heterocycles. The first kappa shape index (κ1) is 21.7. The van der Waals surface area contributed by atoms with Gasteiger partial charge in [-0.25, -0.2) is 0 Å². The molecule has 1 aromatic rings. The van der Waals surface area contributed by atoms with E-state index in [9.17, 15) is 13.2 Å². The van der Waals surface area contributed by atoms with Crippen LogP contribution in [-0.2, 0) is 10.9 Å². The molecule has 1 atom stereocenters. The minimum atomic E-state index is -4.43. The summed E-state index contributed by atoms with van der Waals surface area (Å²) >= 11 is 0. The van der Waals surface area contributed by atoms with Gasteiger partial charge in [0.05, 0.1) is 25.3 Å². The van der Waals surface area contributed by atoms with Crippen LogP contribution in [-0.4, -0.2) is 81.9 Å². The van der Waals surface area contributed by atoms with Crippen molar-refractivity contribution >= 4 is 5.96 Å². The standard InChI is InChI=1S/C20H29F3N4O2/c1-24-19(27-8-6-16(15-27)14-26-9-12-28-13-10-26)25-7-11-29-18-5-3-2-4-17(18)20(21,22)23/h2-5,16H,6-15H2,1H3,(H,24,25). The van der Waals surface area contributed by atoms with E-state index < -0.39 is 11.7 Å². The third-order valence-electron chi connectivity index (χ3n) is 5.25. The van der Waals surface area contributed by atoms with Gasteiger partial charge in [0.25, 0.3) is 0 Å². The zero-order chi connectivity index (χ0) is 20.7. The van der Waals surface area contributed by atoms with Crippen molar-refractivity contribution in [3.63, 3.8) is 0 Å². The molecule has 0 aromatic heterocycles. The summed E-state index contributed by atoms with van der Waals surface area (Å²) in [5.74, 6) is 1.20. The highest BCUT2D eigenvalue weighted by molar-refractivity contribution is 5.80.